The Morgan fingerprint density at radius 2 is 1.68 bits per heavy atom. The van der Waals surface area contributed by atoms with E-state index in [1.165, 1.54) is 30.5 Å². The predicted molar refractivity (Wildman–Crippen MR) is 112 cm³/mol. The number of phenols is 1. The molecule has 2 aromatic rings. The van der Waals surface area contributed by atoms with E-state index in [1.54, 1.807) is 12.1 Å². The number of nitrogens with one attached hydrogen (secondary N) is 3. The van der Waals surface area contributed by atoms with Gasteiger partial charge in [-0.15, -0.1) is 0 Å². The van der Waals surface area contributed by atoms with E-state index >= 15 is 0 Å². The van der Waals surface area contributed by atoms with Crippen molar-refractivity contribution in [2.45, 2.75) is 25.2 Å². The largest absolute Gasteiger partial charge is 0.508 e. The van der Waals surface area contributed by atoms with Gasteiger partial charge in [0.2, 0.25) is 0 Å². The highest BCUT2D eigenvalue weighted by atomic mass is 16.3. The van der Waals surface area contributed by atoms with Crippen LogP contribution in [0.4, 0.5) is 0 Å². The van der Waals surface area contributed by atoms with Crippen molar-refractivity contribution in [3.05, 3.63) is 65.7 Å². The van der Waals surface area contributed by atoms with Gasteiger partial charge in [-0.3, -0.25) is 9.79 Å². The summed E-state index contributed by atoms with van der Waals surface area (Å²) in [4.78, 5) is 16.8. The molecule has 3 rings (SSSR count). The quantitative estimate of drug-likeness (QED) is 0.322. The highest BCUT2D eigenvalue weighted by Gasteiger charge is 2.43. The first-order valence-corrected chi connectivity index (χ1v) is 9.78. The molecule has 148 valence electrons. The van der Waals surface area contributed by atoms with Gasteiger partial charge >= 0.3 is 0 Å². The number of guanidine groups is 1. The fourth-order valence-corrected chi connectivity index (χ4v) is 3.12. The van der Waals surface area contributed by atoms with Crippen molar-refractivity contribution in [2.75, 3.05) is 26.2 Å². The number of nitrogens with zero attached hydrogens (tertiary/aromatic N) is 1. The molecule has 1 saturated carbocycles. The molecular weight excluding hydrogens is 352 g/mol. The first-order chi connectivity index (χ1) is 13.6. The van der Waals surface area contributed by atoms with E-state index < -0.39 is 0 Å². The molecule has 6 heteroatoms. The number of rotatable bonds is 8. The van der Waals surface area contributed by atoms with E-state index in [-0.39, 0.29) is 17.1 Å². The SMILES string of the molecule is CCNC(=NCC1(c2ccccc2)CC1)NCCNC(=O)c1ccc(O)cc1. The van der Waals surface area contributed by atoms with Gasteiger partial charge in [-0.25, -0.2) is 0 Å². The van der Waals surface area contributed by atoms with Crippen molar-refractivity contribution in [1.29, 1.82) is 0 Å². The van der Waals surface area contributed by atoms with Gasteiger partial charge in [0.15, 0.2) is 5.96 Å². The molecule has 0 heterocycles. The number of phenolic OH excluding ortho intramolecular Hbond substituents is 1. The third kappa shape index (κ3) is 5.25. The number of aliphatic imine (C=N–C) groups is 1. The first-order valence-electron chi connectivity index (χ1n) is 9.78. The van der Waals surface area contributed by atoms with Gasteiger partial charge in [0.1, 0.15) is 5.75 Å². The Balaban J connectivity index is 1.47. The number of amides is 1. The van der Waals surface area contributed by atoms with Gasteiger partial charge in [0.05, 0.1) is 6.54 Å². The van der Waals surface area contributed by atoms with E-state index in [2.05, 4.69) is 40.2 Å². The Kier molecular flexibility index (Phi) is 6.53. The zero-order valence-corrected chi connectivity index (χ0v) is 16.2. The van der Waals surface area contributed by atoms with Crippen LogP contribution in [0.2, 0.25) is 0 Å². The number of hydrogen-bond donors (Lipinski definition) is 4. The number of aromatic hydroxyl groups is 1. The molecule has 0 spiro atoms. The first kappa shape index (κ1) is 19.7. The zero-order chi connectivity index (χ0) is 19.8. The third-order valence-electron chi connectivity index (χ3n) is 4.96. The molecule has 0 unspecified atom stereocenters. The van der Waals surface area contributed by atoms with Crippen LogP contribution in [0, 0.1) is 0 Å². The molecule has 6 nitrogen and oxygen atoms in total. The van der Waals surface area contributed by atoms with Crippen molar-refractivity contribution < 1.29 is 9.90 Å². The second-order valence-corrected chi connectivity index (χ2v) is 7.07. The summed E-state index contributed by atoms with van der Waals surface area (Å²) in [6.45, 7) is 4.63. The van der Waals surface area contributed by atoms with Crippen LogP contribution in [0.25, 0.3) is 0 Å². The number of benzene rings is 2. The molecule has 4 N–H and O–H groups in total. The van der Waals surface area contributed by atoms with Crippen LogP contribution in [0.5, 0.6) is 5.75 Å². The molecule has 1 fully saturated rings. The summed E-state index contributed by atoms with van der Waals surface area (Å²) >= 11 is 0. The minimum Gasteiger partial charge on any atom is -0.508 e. The fraction of sp³-hybridized carbons (Fsp3) is 0.364. The average molecular weight is 380 g/mol. The lowest BCUT2D eigenvalue weighted by Crippen LogP contribution is -2.42. The monoisotopic (exact) mass is 380 g/mol. The molecule has 0 saturated heterocycles. The lowest BCUT2D eigenvalue weighted by atomic mass is 9.96. The Labute approximate surface area is 166 Å². The summed E-state index contributed by atoms with van der Waals surface area (Å²) in [6, 6.07) is 16.8. The summed E-state index contributed by atoms with van der Waals surface area (Å²) in [5.74, 6) is 0.752. The Bertz CT molecular complexity index is 799. The maximum Gasteiger partial charge on any atom is 0.251 e. The molecular formula is C22H28N4O2. The van der Waals surface area contributed by atoms with Crippen molar-refractivity contribution in [3.63, 3.8) is 0 Å². The molecule has 28 heavy (non-hydrogen) atoms. The van der Waals surface area contributed by atoms with Crippen LogP contribution in [-0.4, -0.2) is 43.2 Å². The van der Waals surface area contributed by atoms with Gasteiger partial charge in [0, 0.05) is 30.6 Å². The van der Waals surface area contributed by atoms with Gasteiger partial charge in [0.25, 0.3) is 5.91 Å². The molecule has 1 aliphatic carbocycles. The van der Waals surface area contributed by atoms with Gasteiger partial charge in [-0.1, -0.05) is 30.3 Å². The Morgan fingerprint density at radius 3 is 2.32 bits per heavy atom. The van der Waals surface area contributed by atoms with Crippen molar-refractivity contribution >= 4 is 11.9 Å². The maximum absolute atomic E-state index is 12.1. The summed E-state index contributed by atoms with van der Waals surface area (Å²) in [5.41, 5.74) is 2.06. The predicted octanol–water partition coefficient (Wildman–Crippen LogP) is 2.41. The second-order valence-electron chi connectivity index (χ2n) is 7.07. The van der Waals surface area contributed by atoms with Gasteiger partial charge in [-0.05, 0) is 49.6 Å². The van der Waals surface area contributed by atoms with E-state index in [0.717, 1.165) is 19.0 Å². The smallest absolute Gasteiger partial charge is 0.251 e. The summed E-state index contributed by atoms with van der Waals surface area (Å²) in [6.07, 6.45) is 2.34. The highest BCUT2D eigenvalue weighted by Crippen LogP contribution is 2.48. The second kappa shape index (κ2) is 9.26. The lowest BCUT2D eigenvalue weighted by Gasteiger charge is -2.16. The van der Waals surface area contributed by atoms with Crippen LogP contribution in [-0.2, 0) is 5.41 Å². The molecule has 0 aliphatic heterocycles. The number of carbonyl (C=O) groups is 1. The minimum atomic E-state index is -0.162. The fourth-order valence-electron chi connectivity index (χ4n) is 3.12. The Hall–Kier alpha value is -3.02. The topological polar surface area (TPSA) is 85.8 Å². The van der Waals surface area contributed by atoms with Crippen LogP contribution < -0.4 is 16.0 Å². The number of hydrogen-bond acceptors (Lipinski definition) is 3. The van der Waals surface area contributed by atoms with E-state index in [0.29, 0.717) is 18.7 Å². The molecule has 1 amide bonds. The van der Waals surface area contributed by atoms with Gasteiger partial charge < -0.3 is 21.1 Å². The van der Waals surface area contributed by atoms with Crippen LogP contribution in [0.15, 0.2) is 59.6 Å². The molecule has 1 aliphatic rings. The van der Waals surface area contributed by atoms with E-state index in [4.69, 9.17) is 4.99 Å². The standard InChI is InChI=1S/C22H28N4O2/c1-2-23-21(26-16-22(12-13-22)18-6-4-3-5-7-18)25-15-14-24-20(28)17-8-10-19(27)11-9-17/h3-11,27H,2,12-16H2,1H3,(H,24,28)(H2,23,25,26). The van der Waals surface area contributed by atoms with E-state index in [1.807, 2.05) is 13.0 Å². The normalized spacial score (nSPS) is 15.0. The van der Waals surface area contributed by atoms with Crippen molar-refractivity contribution in [3.8, 4) is 5.75 Å². The summed E-state index contributed by atoms with van der Waals surface area (Å²) in [5, 5.41) is 18.7. The highest BCUT2D eigenvalue weighted by molar-refractivity contribution is 5.94. The summed E-state index contributed by atoms with van der Waals surface area (Å²) in [7, 11) is 0. The average Bonchev–Trinajstić information content (AvgIpc) is 3.51. The van der Waals surface area contributed by atoms with Crippen molar-refractivity contribution in [2.24, 2.45) is 4.99 Å². The molecule has 0 radical (unpaired) electrons. The zero-order valence-electron chi connectivity index (χ0n) is 16.2. The third-order valence-corrected chi connectivity index (χ3v) is 4.96. The lowest BCUT2D eigenvalue weighted by molar-refractivity contribution is 0.0954. The van der Waals surface area contributed by atoms with Gasteiger partial charge in [-0.2, -0.15) is 0 Å². The molecule has 0 bridgehead atoms. The number of carbonyl (C=O) groups excluding carboxylic acids is 1. The van der Waals surface area contributed by atoms with Crippen LogP contribution in [0.1, 0.15) is 35.7 Å². The van der Waals surface area contributed by atoms with Crippen molar-refractivity contribution in [1.82, 2.24) is 16.0 Å². The molecule has 0 atom stereocenters. The minimum absolute atomic E-state index is 0.147. The molecule has 2 aromatic carbocycles. The van der Waals surface area contributed by atoms with E-state index in [9.17, 15) is 9.90 Å². The Morgan fingerprint density at radius 1 is 1.00 bits per heavy atom. The maximum atomic E-state index is 12.1. The molecule has 0 aromatic heterocycles. The van der Waals surface area contributed by atoms with Crippen LogP contribution >= 0.6 is 0 Å². The summed E-state index contributed by atoms with van der Waals surface area (Å²) < 4.78 is 0. The van der Waals surface area contributed by atoms with Crippen LogP contribution in [0.3, 0.4) is 0 Å².